The van der Waals surface area contributed by atoms with Crippen LogP contribution in [0.15, 0.2) is 30.3 Å². The van der Waals surface area contributed by atoms with E-state index in [1.54, 1.807) is 18.9 Å². The van der Waals surface area contributed by atoms with Gasteiger partial charge >= 0.3 is 0 Å². The number of rotatable bonds is 5. The van der Waals surface area contributed by atoms with Crippen LogP contribution in [0, 0.1) is 0 Å². The zero-order valence-corrected chi connectivity index (χ0v) is 17.4. The van der Waals surface area contributed by atoms with Crippen molar-refractivity contribution in [1.82, 2.24) is 0 Å². The lowest BCUT2D eigenvalue weighted by atomic mass is 9.93. The number of hydrogen-bond donors (Lipinski definition) is 2. The highest BCUT2D eigenvalue weighted by molar-refractivity contribution is 8.00. The molecule has 0 radical (unpaired) electrons. The maximum Gasteiger partial charge on any atom is 0.141 e. The molecule has 2 N–H and O–H groups in total. The molecule has 6 heteroatoms. The van der Waals surface area contributed by atoms with E-state index in [-0.39, 0.29) is 23.2 Å². The van der Waals surface area contributed by atoms with Crippen molar-refractivity contribution in [1.29, 1.82) is 0 Å². The summed E-state index contributed by atoms with van der Waals surface area (Å²) in [6.45, 7) is 0.723. The Kier molecular flexibility index (Phi) is 6.07. The minimum atomic E-state index is -0.387. The van der Waals surface area contributed by atoms with Crippen LogP contribution in [-0.2, 0) is 12.8 Å². The number of hydrogen-bond acceptors (Lipinski definition) is 5. The highest BCUT2D eigenvalue weighted by Crippen LogP contribution is 2.49. The lowest BCUT2D eigenvalue weighted by Crippen LogP contribution is -2.27. The average molecular weight is 421 g/mol. The molecule has 2 heterocycles. The van der Waals surface area contributed by atoms with Gasteiger partial charge in [0.1, 0.15) is 11.5 Å². The minimum absolute atomic E-state index is 0.0624. The third-order valence-corrected chi connectivity index (χ3v) is 7.43. The van der Waals surface area contributed by atoms with Crippen LogP contribution in [-0.4, -0.2) is 41.9 Å². The van der Waals surface area contributed by atoms with Crippen molar-refractivity contribution in [2.75, 3.05) is 20.3 Å². The van der Waals surface area contributed by atoms with Gasteiger partial charge in [-0.05, 0) is 48.1 Å². The van der Waals surface area contributed by atoms with Crippen LogP contribution in [0.25, 0.3) is 0 Å². The van der Waals surface area contributed by atoms with Gasteiger partial charge in [0.05, 0.1) is 31.5 Å². The summed E-state index contributed by atoms with van der Waals surface area (Å²) < 4.78 is 11.1. The Balaban J connectivity index is 1.69. The second kappa shape index (κ2) is 8.54. The molecule has 2 aliphatic heterocycles. The molecule has 0 amide bonds. The predicted molar refractivity (Wildman–Crippen MR) is 113 cm³/mol. The number of thioether (sulfide) groups is 1. The van der Waals surface area contributed by atoms with E-state index in [4.69, 9.17) is 21.1 Å². The van der Waals surface area contributed by atoms with Gasteiger partial charge in [0.25, 0.3) is 0 Å². The fraction of sp³-hybridized carbons (Fsp3) is 0.455. The van der Waals surface area contributed by atoms with Gasteiger partial charge in [0.15, 0.2) is 0 Å². The van der Waals surface area contributed by atoms with E-state index >= 15 is 0 Å². The van der Waals surface area contributed by atoms with Crippen molar-refractivity contribution in [3.8, 4) is 11.5 Å². The third kappa shape index (κ3) is 3.99. The minimum Gasteiger partial charge on any atom is -0.497 e. The van der Waals surface area contributed by atoms with E-state index in [2.05, 4.69) is 6.07 Å². The van der Waals surface area contributed by atoms with Gasteiger partial charge in [0, 0.05) is 22.5 Å². The summed E-state index contributed by atoms with van der Waals surface area (Å²) in [6.07, 6.45) is 2.49. The molecule has 3 atom stereocenters. The Morgan fingerprint density at radius 1 is 1.25 bits per heavy atom. The molecule has 1 fully saturated rings. The molecule has 0 bridgehead atoms. The number of fused-ring (bicyclic) bond motifs is 1. The average Bonchev–Trinajstić information content (AvgIpc) is 3.20. The smallest absolute Gasteiger partial charge is 0.141 e. The van der Waals surface area contributed by atoms with Gasteiger partial charge in [0.2, 0.25) is 0 Å². The van der Waals surface area contributed by atoms with Gasteiger partial charge in [-0.1, -0.05) is 29.8 Å². The van der Waals surface area contributed by atoms with Gasteiger partial charge in [-0.15, -0.1) is 11.8 Å². The topological polar surface area (TPSA) is 58.9 Å². The number of ether oxygens (including phenoxy) is 2. The summed E-state index contributed by atoms with van der Waals surface area (Å²) in [5.74, 6) is 1.62. The van der Waals surface area contributed by atoms with Crippen LogP contribution in [0.2, 0.25) is 5.02 Å². The SMILES string of the molecule is COc1ccc(Cc2cc(C3CC(O)CC(CO)S3)c3c(c2Cl)OCC3)cc1. The van der Waals surface area contributed by atoms with Crippen LogP contribution in [0.1, 0.15) is 40.3 Å². The monoisotopic (exact) mass is 420 g/mol. The standard InChI is InChI=1S/C22H25ClO4S/c1-26-16-4-2-13(3-5-16)8-14-9-19(18-6-7-27-22(18)21(14)23)20-11-15(25)10-17(12-24)28-20/h2-5,9,15,17,20,24-25H,6-8,10-12H2,1H3. The summed E-state index contributed by atoms with van der Waals surface area (Å²) in [4.78, 5) is 0. The fourth-order valence-corrected chi connectivity index (χ4v) is 5.96. The summed E-state index contributed by atoms with van der Waals surface area (Å²) in [5, 5.41) is 20.8. The molecular weight excluding hydrogens is 396 g/mol. The molecule has 4 nitrogen and oxygen atoms in total. The molecule has 1 saturated heterocycles. The van der Waals surface area contributed by atoms with Gasteiger partial charge in [-0.3, -0.25) is 0 Å². The van der Waals surface area contributed by atoms with Crippen LogP contribution < -0.4 is 9.47 Å². The van der Waals surface area contributed by atoms with Crippen LogP contribution in [0.5, 0.6) is 11.5 Å². The molecule has 0 saturated carbocycles. The highest BCUT2D eigenvalue weighted by Gasteiger charge is 2.33. The van der Waals surface area contributed by atoms with Crippen LogP contribution >= 0.6 is 23.4 Å². The Morgan fingerprint density at radius 3 is 2.75 bits per heavy atom. The number of aliphatic hydroxyl groups excluding tert-OH is 2. The fourth-order valence-electron chi connectivity index (χ4n) is 4.10. The van der Waals surface area contributed by atoms with E-state index in [0.29, 0.717) is 30.9 Å². The molecule has 2 aromatic carbocycles. The molecule has 2 aromatic rings. The van der Waals surface area contributed by atoms with Crippen molar-refractivity contribution < 1.29 is 19.7 Å². The van der Waals surface area contributed by atoms with Crippen LogP contribution in [0.4, 0.5) is 0 Å². The van der Waals surface area contributed by atoms with Crippen molar-refractivity contribution in [2.24, 2.45) is 0 Å². The molecule has 3 unspecified atom stereocenters. The van der Waals surface area contributed by atoms with Crippen LogP contribution in [0.3, 0.4) is 0 Å². The maximum absolute atomic E-state index is 10.3. The first-order valence-corrected chi connectivity index (χ1v) is 11.0. The maximum atomic E-state index is 10.3. The Labute approximate surface area is 174 Å². The zero-order valence-electron chi connectivity index (χ0n) is 15.9. The number of aliphatic hydroxyl groups is 2. The van der Waals surface area contributed by atoms with Gasteiger partial charge in [-0.2, -0.15) is 0 Å². The molecule has 28 heavy (non-hydrogen) atoms. The molecule has 0 aromatic heterocycles. The van der Waals surface area contributed by atoms with Gasteiger partial charge in [-0.25, -0.2) is 0 Å². The van der Waals surface area contributed by atoms with Crippen molar-refractivity contribution in [3.63, 3.8) is 0 Å². The van der Waals surface area contributed by atoms with E-state index in [9.17, 15) is 10.2 Å². The first-order valence-electron chi connectivity index (χ1n) is 9.63. The first kappa shape index (κ1) is 19.9. The molecule has 0 aliphatic carbocycles. The van der Waals surface area contributed by atoms with Crippen molar-refractivity contribution in [3.05, 3.63) is 57.6 Å². The Bertz CT molecular complexity index is 839. The quantitative estimate of drug-likeness (QED) is 0.760. The highest BCUT2D eigenvalue weighted by atomic mass is 35.5. The number of methoxy groups -OCH3 is 1. The molecule has 150 valence electrons. The number of halogens is 1. The molecule has 2 aliphatic rings. The lowest BCUT2D eigenvalue weighted by molar-refractivity contribution is 0.137. The zero-order chi connectivity index (χ0) is 19.7. The summed E-state index contributed by atoms with van der Waals surface area (Å²) in [6, 6.07) is 10.2. The first-order chi connectivity index (χ1) is 13.6. The number of benzene rings is 2. The van der Waals surface area contributed by atoms with E-state index in [1.807, 2.05) is 24.3 Å². The summed E-state index contributed by atoms with van der Waals surface area (Å²) >= 11 is 8.47. The molecule has 0 spiro atoms. The Morgan fingerprint density at radius 2 is 2.04 bits per heavy atom. The molecular formula is C22H25ClO4S. The van der Waals surface area contributed by atoms with E-state index < -0.39 is 0 Å². The normalized spacial score (nSPS) is 23.9. The van der Waals surface area contributed by atoms with E-state index in [0.717, 1.165) is 34.6 Å². The second-order valence-corrected chi connectivity index (χ2v) is 9.31. The summed E-state index contributed by atoms with van der Waals surface area (Å²) in [5.41, 5.74) is 4.54. The predicted octanol–water partition coefficient (Wildman–Crippen LogP) is 4.16. The van der Waals surface area contributed by atoms with E-state index in [1.165, 1.54) is 5.56 Å². The largest absolute Gasteiger partial charge is 0.497 e. The summed E-state index contributed by atoms with van der Waals surface area (Å²) in [7, 11) is 1.66. The second-order valence-electron chi connectivity index (χ2n) is 7.42. The van der Waals surface area contributed by atoms with Gasteiger partial charge < -0.3 is 19.7 Å². The lowest BCUT2D eigenvalue weighted by Gasteiger charge is -2.32. The van der Waals surface area contributed by atoms with Crippen molar-refractivity contribution in [2.45, 2.75) is 42.3 Å². The molecule has 4 rings (SSSR count). The Hall–Kier alpha value is -1.40. The third-order valence-electron chi connectivity index (χ3n) is 5.51. The van der Waals surface area contributed by atoms with Crippen molar-refractivity contribution >= 4 is 23.4 Å².